The lowest BCUT2D eigenvalue weighted by atomic mass is 9.99. The quantitative estimate of drug-likeness (QED) is 0.439. The normalized spacial score (nSPS) is 10.6. The monoisotopic (exact) mass is 302 g/mol. The number of halogens is 1. The largest absolute Gasteiger partial charge is 0.493 e. The van der Waals surface area contributed by atoms with Crippen LogP contribution in [-0.2, 0) is 0 Å². The highest BCUT2D eigenvalue weighted by Gasteiger charge is 2.08. The third-order valence-corrected chi connectivity index (χ3v) is 3.85. The van der Waals surface area contributed by atoms with Crippen LogP contribution in [0.25, 0.3) is 11.1 Å². The minimum Gasteiger partial charge on any atom is -0.493 e. The van der Waals surface area contributed by atoms with Gasteiger partial charge in [0, 0.05) is 11.4 Å². The van der Waals surface area contributed by atoms with Gasteiger partial charge in [-0.25, -0.2) is 0 Å². The molecule has 0 aliphatic rings. The Morgan fingerprint density at radius 3 is 2.38 bits per heavy atom. The molecule has 2 aromatic carbocycles. The lowest BCUT2D eigenvalue weighted by molar-refractivity contribution is 0.306. The summed E-state index contributed by atoms with van der Waals surface area (Å²) in [5.74, 6) is 1.75. The van der Waals surface area contributed by atoms with Gasteiger partial charge in [0.25, 0.3) is 0 Å². The van der Waals surface area contributed by atoms with Gasteiger partial charge in [-0.15, -0.1) is 11.6 Å². The van der Waals surface area contributed by atoms with Crippen LogP contribution in [0.2, 0.25) is 0 Å². The van der Waals surface area contributed by atoms with Crippen molar-refractivity contribution in [3.05, 3.63) is 54.1 Å². The molecular formula is C19H23ClO. The summed E-state index contributed by atoms with van der Waals surface area (Å²) in [7, 11) is 0. The zero-order valence-corrected chi connectivity index (χ0v) is 13.4. The van der Waals surface area contributed by atoms with E-state index in [-0.39, 0.29) is 0 Å². The molecule has 0 aliphatic heterocycles. The fourth-order valence-electron chi connectivity index (χ4n) is 2.47. The van der Waals surface area contributed by atoms with Crippen molar-refractivity contribution in [1.29, 1.82) is 0 Å². The summed E-state index contributed by atoms with van der Waals surface area (Å²) in [6.07, 6.45) is 4.55. The standard InChI is InChI=1S/C19H23ClO/c1-16-10-9-13-18(21-15-8-3-2-7-14-20)19(16)17-11-5-4-6-12-17/h4-6,9-13H,2-3,7-8,14-15H2,1H3. The lowest BCUT2D eigenvalue weighted by Crippen LogP contribution is -2.00. The first-order chi connectivity index (χ1) is 10.3. The summed E-state index contributed by atoms with van der Waals surface area (Å²) in [5, 5.41) is 0. The third-order valence-electron chi connectivity index (χ3n) is 3.58. The maximum Gasteiger partial charge on any atom is 0.127 e. The van der Waals surface area contributed by atoms with Crippen molar-refractivity contribution in [2.75, 3.05) is 12.5 Å². The van der Waals surface area contributed by atoms with E-state index in [2.05, 4.69) is 49.4 Å². The molecule has 0 radical (unpaired) electrons. The average molecular weight is 303 g/mol. The average Bonchev–Trinajstić information content (AvgIpc) is 2.52. The van der Waals surface area contributed by atoms with E-state index in [1.165, 1.54) is 29.5 Å². The Morgan fingerprint density at radius 1 is 0.857 bits per heavy atom. The predicted molar refractivity (Wildman–Crippen MR) is 91.3 cm³/mol. The molecule has 1 nitrogen and oxygen atoms in total. The van der Waals surface area contributed by atoms with Crippen molar-refractivity contribution in [1.82, 2.24) is 0 Å². The Labute approximate surface area is 132 Å². The summed E-state index contributed by atoms with van der Waals surface area (Å²) in [4.78, 5) is 0. The number of ether oxygens (including phenoxy) is 1. The molecule has 21 heavy (non-hydrogen) atoms. The van der Waals surface area contributed by atoms with Crippen molar-refractivity contribution >= 4 is 11.6 Å². The molecule has 0 atom stereocenters. The van der Waals surface area contributed by atoms with Crippen molar-refractivity contribution in [3.63, 3.8) is 0 Å². The zero-order chi connectivity index (χ0) is 14.9. The second-order valence-corrected chi connectivity index (χ2v) is 5.64. The summed E-state index contributed by atoms with van der Waals surface area (Å²) < 4.78 is 6.02. The number of alkyl halides is 1. The van der Waals surface area contributed by atoms with Crippen LogP contribution in [0.4, 0.5) is 0 Å². The molecule has 0 heterocycles. The Balaban J connectivity index is 2.01. The first kappa shape index (κ1) is 15.9. The van der Waals surface area contributed by atoms with Crippen LogP contribution in [0.3, 0.4) is 0 Å². The molecule has 0 fully saturated rings. The van der Waals surface area contributed by atoms with E-state index in [0.717, 1.165) is 31.1 Å². The summed E-state index contributed by atoms with van der Waals surface area (Å²) in [6, 6.07) is 16.7. The van der Waals surface area contributed by atoms with Crippen molar-refractivity contribution in [2.45, 2.75) is 32.6 Å². The van der Waals surface area contributed by atoms with E-state index in [0.29, 0.717) is 0 Å². The molecule has 2 heteroatoms. The van der Waals surface area contributed by atoms with Gasteiger partial charge in [0.1, 0.15) is 5.75 Å². The van der Waals surface area contributed by atoms with Gasteiger partial charge in [0.2, 0.25) is 0 Å². The lowest BCUT2D eigenvalue weighted by Gasteiger charge is -2.14. The molecule has 0 saturated carbocycles. The molecule has 0 spiro atoms. The Morgan fingerprint density at radius 2 is 1.62 bits per heavy atom. The molecule has 2 rings (SSSR count). The van der Waals surface area contributed by atoms with Gasteiger partial charge < -0.3 is 4.74 Å². The maximum absolute atomic E-state index is 6.02. The van der Waals surface area contributed by atoms with Crippen LogP contribution < -0.4 is 4.74 Å². The van der Waals surface area contributed by atoms with Gasteiger partial charge in [-0.05, 0) is 37.0 Å². The molecule has 0 bridgehead atoms. The van der Waals surface area contributed by atoms with Crippen LogP contribution >= 0.6 is 11.6 Å². The molecule has 0 aliphatic carbocycles. The molecular weight excluding hydrogens is 280 g/mol. The zero-order valence-electron chi connectivity index (χ0n) is 12.6. The van der Waals surface area contributed by atoms with Gasteiger partial charge in [-0.1, -0.05) is 55.3 Å². The Bertz CT molecular complexity index is 537. The van der Waals surface area contributed by atoms with Crippen LogP contribution in [0.1, 0.15) is 31.2 Å². The number of aryl methyl sites for hydroxylation is 1. The van der Waals surface area contributed by atoms with Gasteiger partial charge >= 0.3 is 0 Å². The SMILES string of the molecule is Cc1cccc(OCCCCCCCl)c1-c1ccccc1. The van der Waals surface area contributed by atoms with Crippen molar-refractivity contribution < 1.29 is 4.74 Å². The fourth-order valence-corrected chi connectivity index (χ4v) is 2.66. The van der Waals surface area contributed by atoms with E-state index in [1.807, 2.05) is 6.07 Å². The van der Waals surface area contributed by atoms with Gasteiger partial charge in [-0.3, -0.25) is 0 Å². The Kier molecular flexibility index (Phi) is 6.62. The van der Waals surface area contributed by atoms with E-state index in [9.17, 15) is 0 Å². The molecule has 2 aromatic rings. The highest BCUT2D eigenvalue weighted by Crippen LogP contribution is 2.33. The van der Waals surface area contributed by atoms with Gasteiger partial charge in [0.15, 0.2) is 0 Å². The van der Waals surface area contributed by atoms with E-state index in [1.54, 1.807) is 0 Å². The van der Waals surface area contributed by atoms with Crippen LogP contribution in [0.15, 0.2) is 48.5 Å². The Hall–Kier alpha value is -1.47. The number of benzene rings is 2. The molecule has 0 aromatic heterocycles. The predicted octanol–water partition coefficient (Wildman–Crippen LogP) is 5.84. The molecule has 0 unspecified atom stereocenters. The van der Waals surface area contributed by atoms with Gasteiger partial charge in [0.05, 0.1) is 6.61 Å². The smallest absolute Gasteiger partial charge is 0.127 e. The number of unbranched alkanes of at least 4 members (excludes halogenated alkanes) is 3. The van der Waals surface area contributed by atoms with Crippen molar-refractivity contribution in [2.24, 2.45) is 0 Å². The van der Waals surface area contributed by atoms with Crippen LogP contribution in [-0.4, -0.2) is 12.5 Å². The summed E-state index contributed by atoms with van der Waals surface area (Å²) in [6.45, 7) is 2.90. The van der Waals surface area contributed by atoms with Gasteiger partial charge in [-0.2, -0.15) is 0 Å². The van der Waals surface area contributed by atoms with E-state index < -0.39 is 0 Å². The first-order valence-corrected chi connectivity index (χ1v) is 8.20. The number of rotatable bonds is 8. The highest BCUT2D eigenvalue weighted by atomic mass is 35.5. The number of hydrogen-bond donors (Lipinski definition) is 0. The number of hydrogen-bond acceptors (Lipinski definition) is 1. The summed E-state index contributed by atoms with van der Waals surface area (Å²) in [5.41, 5.74) is 3.67. The first-order valence-electron chi connectivity index (χ1n) is 7.66. The van der Waals surface area contributed by atoms with Crippen molar-refractivity contribution in [3.8, 4) is 16.9 Å². The van der Waals surface area contributed by atoms with Crippen LogP contribution in [0.5, 0.6) is 5.75 Å². The third kappa shape index (κ3) is 4.78. The molecule has 0 N–H and O–H groups in total. The van der Waals surface area contributed by atoms with Crippen LogP contribution in [0, 0.1) is 6.92 Å². The van der Waals surface area contributed by atoms with E-state index in [4.69, 9.17) is 16.3 Å². The van der Waals surface area contributed by atoms with E-state index >= 15 is 0 Å². The minimum atomic E-state index is 0.761. The maximum atomic E-state index is 6.02. The second-order valence-electron chi connectivity index (χ2n) is 5.27. The second kappa shape index (κ2) is 8.74. The highest BCUT2D eigenvalue weighted by molar-refractivity contribution is 6.17. The summed E-state index contributed by atoms with van der Waals surface area (Å²) >= 11 is 5.69. The fraction of sp³-hybridized carbons (Fsp3) is 0.368. The molecule has 0 amide bonds. The topological polar surface area (TPSA) is 9.23 Å². The minimum absolute atomic E-state index is 0.761. The molecule has 0 saturated heterocycles. The molecule has 112 valence electrons.